The Labute approximate surface area is 189 Å². The summed E-state index contributed by atoms with van der Waals surface area (Å²) in [6.07, 6.45) is 3.75. The maximum Gasteiger partial charge on any atom is 0.255 e. The zero-order chi connectivity index (χ0) is 23.1. The molecule has 0 saturated carbocycles. The molecule has 0 aliphatic heterocycles. The first-order valence-corrected chi connectivity index (χ1v) is 10.8. The average molecular weight is 428 g/mol. The number of anilines is 2. The van der Waals surface area contributed by atoms with Crippen LogP contribution >= 0.6 is 0 Å². The number of nitrogen functional groups attached to an aromatic ring is 1. The molecular weight excluding hydrogens is 398 g/mol. The van der Waals surface area contributed by atoms with Gasteiger partial charge in [-0.1, -0.05) is 38.1 Å². The van der Waals surface area contributed by atoms with Crippen molar-refractivity contribution in [3.63, 3.8) is 0 Å². The molecule has 32 heavy (non-hydrogen) atoms. The highest BCUT2D eigenvalue weighted by atomic mass is 16.1. The number of nitrogens with zero attached hydrogens (tertiary/aromatic N) is 2. The summed E-state index contributed by atoms with van der Waals surface area (Å²) in [5.74, 6) is -0.251. The normalized spacial score (nSPS) is 12.6. The van der Waals surface area contributed by atoms with E-state index in [0.717, 1.165) is 30.5 Å². The maximum absolute atomic E-state index is 12.6. The van der Waals surface area contributed by atoms with Crippen molar-refractivity contribution in [1.82, 2.24) is 10.3 Å². The van der Waals surface area contributed by atoms with E-state index in [0.29, 0.717) is 28.2 Å². The van der Waals surface area contributed by atoms with Crippen molar-refractivity contribution >= 4 is 17.3 Å². The summed E-state index contributed by atoms with van der Waals surface area (Å²) in [6, 6.07) is 18.4. The van der Waals surface area contributed by atoms with Crippen LogP contribution in [0.15, 0.2) is 60.8 Å². The molecule has 4 N–H and O–H groups in total. The van der Waals surface area contributed by atoms with Crippen LogP contribution in [0, 0.1) is 11.3 Å². The molecular formula is C26H29N5O. The molecule has 1 heterocycles. The van der Waals surface area contributed by atoms with Crippen molar-refractivity contribution in [3.8, 4) is 17.3 Å². The van der Waals surface area contributed by atoms with E-state index in [1.54, 1.807) is 36.4 Å². The summed E-state index contributed by atoms with van der Waals surface area (Å²) in [6.45, 7) is 7.28. The Morgan fingerprint density at radius 3 is 2.50 bits per heavy atom. The van der Waals surface area contributed by atoms with Crippen molar-refractivity contribution < 1.29 is 4.79 Å². The van der Waals surface area contributed by atoms with Crippen LogP contribution in [0.1, 0.15) is 55.1 Å². The molecule has 2 aromatic carbocycles. The van der Waals surface area contributed by atoms with Gasteiger partial charge in [0.15, 0.2) is 0 Å². The molecule has 0 fully saturated rings. The number of rotatable bonds is 8. The van der Waals surface area contributed by atoms with Crippen molar-refractivity contribution in [2.24, 2.45) is 0 Å². The molecule has 6 nitrogen and oxygen atoms in total. The van der Waals surface area contributed by atoms with Gasteiger partial charge in [0.25, 0.3) is 5.91 Å². The molecule has 1 unspecified atom stereocenters. The number of hydrogen-bond acceptors (Lipinski definition) is 5. The zero-order valence-electron chi connectivity index (χ0n) is 18.8. The van der Waals surface area contributed by atoms with Crippen molar-refractivity contribution in [3.05, 3.63) is 77.5 Å². The molecule has 0 aliphatic rings. The standard InChI is InChI=1S/C26H29N5O/c1-4-14-30-26(3,5-2)21-15-20(16-27)24(29-17-21)18-10-12-19(13-11-18)25(32)31-23-9-7-6-8-22(23)28/h6-13,15,17,30H,4-5,14,28H2,1-3H3,(H,31,32). The van der Waals surface area contributed by atoms with Gasteiger partial charge in [-0.05, 0) is 62.2 Å². The largest absolute Gasteiger partial charge is 0.397 e. The number of nitriles is 1. The molecule has 3 aromatic rings. The van der Waals surface area contributed by atoms with Crippen molar-refractivity contribution in [2.45, 2.75) is 39.2 Å². The Balaban J connectivity index is 1.84. The van der Waals surface area contributed by atoms with Gasteiger partial charge >= 0.3 is 0 Å². The van der Waals surface area contributed by atoms with Crippen LogP contribution in [0.25, 0.3) is 11.3 Å². The first kappa shape index (κ1) is 23.0. The second-order valence-electron chi connectivity index (χ2n) is 7.96. The number of nitrogens with one attached hydrogen (secondary N) is 2. The van der Waals surface area contributed by atoms with E-state index in [1.807, 2.05) is 24.4 Å². The monoisotopic (exact) mass is 427 g/mol. The number of pyridine rings is 1. The molecule has 0 aliphatic carbocycles. The summed E-state index contributed by atoms with van der Waals surface area (Å²) in [5, 5.41) is 16.1. The quantitative estimate of drug-likeness (QED) is 0.435. The fourth-order valence-electron chi connectivity index (χ4n) is 3.50. The maximum atomic E-state index is 12.6. The fraction of sp³-hybridized carbons (Fsp3) is 0.269. The number of amides is 1. The minimum Gasteiger partial charge on any atom is -0.397 e. The van der Waals surface area contributed by atoms with E-state index in [1.165, 1.54) is 0 Å². The summed E-state index contributed by atoms with van der Waals surface area (Å²) >= 11 is 0. The fourth-order valence-corrected chi connectivity index (χ4v) is 3.50. The van der Waals surface area contributed by atoms with Gasteiger partial charge in [-0.3, -0.25) is 9.78 Å². The molecule has 3 rings (SSSR count). The number of carbonyl (C=O) groups is 1. The van der Waals surface area contributed by atoms with Gasteiger partial charge in [0, 0.05) is 22.9 Å². The topological polar surface area (TPSA) is 104 Å². The van der Waals surface area contributed by atoms with Crippen LogP contribution in [0.3, 0.4) is 0 Å². The van der Waals surface area contributed by atoms with Crippen LogP contribution in [0.4, 0.5) is 11.4 Å². The summed E-state index contributed by atoms with van der Waals surface area (Å²) in [7, 11) is 0. The van der Waals surface area contributed by atoms with Gasteiger partial charge in [0.05, 0.1) is 22.6 Å². The minimum absolute atomic E-state index is 0.242. The number of para-hydroxylation sites is 2. The Bertz CT molecular complexity index is 1130. The molecule has 6 heteroatoms. The number of hydrogen-bond donors (Lipinski definition) is 3. The minimum atomic E-state index is -0.251. The molecule has 1 atom stereocenters. The van der Waals surface area contributed by atoms with E-state index in [2.05, 4.69) is 42.5 Å². The third-order valence-electron chi connectivity index (χ3n) is 5.75. The van der Waals surface area contributed by atoms with Crippen LogP contribution in [-0.2, 0) is 5.54 Å². The number of aromatic nitrogens is 1. The first-order chi connectivity index (χ1) is 15.4. The van der Waals surface area contributed by atoms with Gasteiger partial charge in [-0.2, -0.15) is 5.26 Å². The van der Waals surface area contributed by atoms with Gasteiger partial charge < -0.3 is 16.4 Å². The van der Waals surface area contributed by atoms with Gasteiger partial charge in [0.1, 0.15) is 6.07 Å². The zero-order valence-corrected chi connectivity index (χ0v) is 18.8. The van der Waals surface area contributed by atoms with Gasteiger partial charge in [0.2, 0.25) is 0 Å². The molecule has 0 saturated heterocycles. The molecule has 0 bridgehead atoms. The Morgan fingerprint density at radius 1 is 1.16 bits per heavy atom. The third kappa shape index (κ3) is 4.96. The van der Waals surface area contributed by atoms with E-state index >= 15 is 0 Å². The molecule has 164 valence electrons. The highest BCUT2D eigenvalue weighted by molar-refractivity contribution is 6.05. The lowest BCUT2D eigenvalue weighted by molar-refractivity contribution is 0.102. The van der Waals surface area contributed by atoms with Crippen LogP contribution < -0.4 is 16.4 Å². The summed E-state index contributed by atoms with van der Waals surface area (Å²) < 4.78 is 0. The second kappa shape index (κ2) is 10.1. The predicted molar refractivity (Wildman–Crippen MR) is 129 cm³/mol. The molecule has 0 radical (unpaired) electrons. The Kier molecular flexibility index (Phi) is 7.24. The van der Waals surface area contributed by atoms with Crippen LogP contribution in [0.5, 0.6) is 0 Å². The number of benzene rings is 2. The lowest BCUT2D eigenvalue weighted by Gasteiger charge is -2.30. The Morgan fingerprint density at radius 2 is 1.88 bits per heavy atom. The lowest BCUT2D eigenvalue weighted by Crippen LogP contribution is -2.39. The highest BCUT2D eigenvalue weighted by Gasteiger charge is 2.25. The van der Waals surface area contributed by atoms with Gasteiger partial charge in [-0.25, -0.2) is 0 Å². The second-order valence-corrected chi connectivity index (χ2v) is 7.96. The van der Waals surface area contributed by atoms with Crippen LogP contribution in [-0.4, -0.2) is 17.4 Å². The SMILES string of the molecule is CCCNC(C)(CC)c1cnc(-c2ccc(C(=O)Nc3ccccc3N)cc2)c(C#N)c1. The Hall–Kier alpha value is -3.69. The summed E-state index contributed by atoms with van der Waals surface area (Å²) in [5.41, 5.74) is 10.1. The van der Waals surface area contributed by atoms with Crippen LogP contribution in [0.2, 0.25) is 0 Å². The first-order valence-electron chi connectivity index (χ1n) is 10.8. The molecule has 1 aromatic heterocycles. The number of carbonyl (C=O) groups excluding carboxylic acids is 1. The van der Waals surface area contributed by atoms with E-state index in [9.17, 15) is 10.1 Å². The highest BCUT2D eigenvalue weighted by Crippen LogP contribution is 2.29. The van der Waals surface area contributed by atoms with Crippen molar-refractivity contribution in [2.75, 3.05) is 17.6 Å². The van der Waals surface area contributed by atoms with E-state index < -0.39 is 0 Å². The lowest BCUT2D eigenvalue weighted by atomic mass is 9.88. The molecule has 1 amide bonds. The average Bonchev–Trinajstić information content (AvgIpc) is 2.83. The van der Waals surface area contributed by atoms with Gasteiger partial charge in [-0.15, -0.1) is 0 Å². The molecule has 0 spiro atoms. The van der Waals surface area contributed by atoms with Crippen molar-refractivity contribution in [1.29, 1.82) is 5.26 Å². The number of nitrogens with two attached hydrogens (primary N) is 1. The predicted octanol–water partition coefficient (Wildman–Crippen LogP) is 5.08. The van der Waals surface area contributed by atoms with E-state index in [-0.39, 0.29) is 11.4 Å². The van der Waals surface area contributed by atoms with E-state index in [4.69, 9.17) is 5.73 Å². The third-order valence-corrected chi connectivity index (χ3v) is 5.75. The summed E-state index contributed by atoms with van der Waals surface area (Å²) in [4.78, 5) is 17.2. The smallest absolute Gasteiger partial charge is 0.255 e.